The summed E-state index contributed by atoms with van der Waals surface area (Å²) in [5, 5.41) is 16.9. The van der Waals surface area contributed by atoms with Gasteiger partial charge in [-0.15, -0.1) is 0 Å². The van der Waals surface area contributed by atoms with Crippen LogP contribution in [0, 0.1) is 0 Å². The number of benzene rings is 1. The van der Waals surface area contributed by atoms with E-state index in [9.17, 15) is 14.4 Å². The first kappa shape index (κ1) is 19.6. The Morgan fingerprint density at radius 3 is 2.46 bits per heavy atom. The van der Waals surface area contributed by atoms with Crippen molar-refractivity contribution in [1.82, 2.24) is 15.1 Å². The average Bonchev–Trinajstić information content (AvgIpc) is 2.61. The summed E-state index contributed by atoms with van der Waals surface area (Å²) in [5.74, 6) is -0.871. The minimum Gasteiger partial charge on any atom is -0.481 e. The molecule has 0 aliphatic carbocycles. The smallest absolute Gasteiger partial charge is 0.303 e. The summed E-state index contributed by atoms with van der Waals surface area (Å²) < 4.78 is 1.27. The minimum absolute atomic E-state index is 0.118. The zero-order valence-electron chi connectivity index (χ0n) is 15.0. The van der Waals surface area contributed by atoms with Gasteiger partial charge >= 0.3 is 5.97 Å². The predicted octanol–water partition coefficient (Wildman–Crippen LogP) is 2.02. The normalized spacial score (nSPS) is 10.8. The Kier molecular flexibility index (Phi) is 7.32. The van der Waals surface area contributed by atoms with Crippen LogP contribution in [0.3, 0.4) is 0 Å². The second kappa shape index (κ2) is 9.70. The van der Waals surface area contributed by atoms with Gasteiger partial charge in [0.1, 0.15) is 0 Å². The highest BCUT2D eigenvalue weighted by molar-refractivity contribution is 5.88. The van der Waals surface area contributed by atoms with Gasteiger partial charge in [0.15, 0.2) is 0 Å². The van der Waals surface area contributed by atoms with E-state index in [2.05, 4.69) is 10.4 Å². The number of carbonyl (C=O) groups excluding carboxylic acids is 1. The van der Waals surface area contributed by atoms with E-state index < -0.39 is 5.97 Å². The van der Waals surface area contributed by atoms with Crippen molar-refractivity contribution in [2.75, 3.05) is 6.54 Å². The molecule has 2 rings (SSSR count). The Morgan fingerprint density at radius 1 is 1.08 bits per heavy atom. The van der Waals surface area contributed by atoms with Crippen LogP contribution in [-0.4, -0.2) is 33.3 Å². The van der Waals surface area contributed by atoms with Crippen LogP contribution < -0.4 is 10.9 Å². The lowest BCUT2D eigenvalue weighted by atomic mass is 10.1. The Morgan fingerprint density at radius 2 is 1.73 bits per heavy atom. The number of carboxylic acid groups (broad SMARTS) is 1. The molecule has 7 nitrogen and oxygen atoms in total. The molecule has 140 valence electrons. The van der Waals surface area contributed by atoms with E-state index in [0.29, 0.717) is 29.4 Å². The van der Waals surface area contributed by atoms with Crippen LogP contribution in [0.4, 0.5) is 0 Å². The maximum atomic E-state index is 12.2. The standard InChI is InChI=1S/C19H25N3O4/c1-22-19(26)15-10-7-6-9-14(15)16(21-22)13-17(23)20-12-8-4-2-3-5-11-18(24)25/h6-7,9-10H,2-5,8,11-13H2,1H3,(H,20,23)(H,24,25). The fraction of sp³-hybridized carbons (Fsp3) is 0.474. The Bertz CT molecular complexity index is 829. The van der Waals surface area contributed by atoms with Crippen molar-refractivity contribution >= 4 is 22.6 Å². The summed E-state index contributed by atoms with van der Waals surface area (Å²) in [6, 6.07) is 7.17. The Balaban J connectivity index is 1.78. The molecule has 0 saturated heterocycles. The van der Waals surface area contributed by atoms with Gasteiger partial charge in [0.25, 0.3) is 5.56 Å². The van der Waals surface area contributed by atoms with E-state index in [-0.39, 0.29) is 24.3 Å². The number of aliphatic carboxylic acids is 1. The third-order valence-electron chi connectivity index (χ3n) is 4.25. The second-order valence-corrected chi connectivity index (χ2v) is 6.36. The van der Waals surface area contributed by atoms with Gasteiger partial charge in [0.2, 0.25) is 5.91 Å². The molecular formula is C19H25N3O4. The number of unbranched alkanes of at least 4 members (excludes halogenated alkanes) is 4. The molecular weight excluding hydrogens is 334 g/mol. The molecule has 2 aromatic rings. The largest absolute Gasteiger partial charge is 0.481 e. The molecule has 0 unspecified atom stereocenters. The van der Waals surface area contributed by atoms with Crippen LogP contribution in [0.1, 0.15) is 44.2 Å². The van der Waals surface area contributed by atoms with Crippen LogP contribution in [0.25, 0.3) is 10.8 Å². The Hall–Kier alpha value is -2.70. The maximum Gasteiger partial charge on any atom is 0.303 e. The first-order valence-corrected chi connectivity index (χ1v) is 8.92. The van der Waals surface area contributed by atoms with Crippen LogP contribution in [-0.2, 0) is 23.1 Å². The van der Waals surface area contributed by atoms with Crippen LogP contribution in [0.2, 0.25) is 0 Å². The first-order chi connectivity index (χ1) is 12.5. The van der Waals surface area contributed by atoms with E-state index in [1.54, 1.807) is 19.2 Å². The topological polar surface area (TPSA) is 101 Å². The minimum atomic E-state index is -0.753. The highest BCUT2D eigenvalue weighted by Crippen LogP contribution is 2.13. The number of aryl methyl sites for hydroxylation is 1. The van der Waals surface area contributed by atoms with Crippen molar-refractivity contribution in [2.24, 2.45) is 7.05 Å². The fourth-order valence-corrected chi connectivity index (χ4v) is 2.88. The fourth-order valence-electron chi connectivity index (χ4n) is 2.88. The summed E-state index contributed by atoms with van der Waals surface area (Å²) in [6.07, 6.45) is 4.74. The van der Waals surface area contributed by atoms with Crippen molar-refractivity contribution in [1.29, 1.82) is 0 Å². The number of nitrogens with one attached hydrogen (secondary N) is 1. The van der Waals surface area contributed by atoms with Crippen molar-refractivity contribution in [3.8, 4) is 0 Å². The molecule has 0 fully saturated rings. The summed E-state index contributed by atoms with van der Waals surface area (Å²) in [4.78, 5) is 34.7. The molecule has 26 heavy (non-hydrogen) atoms. The maximum absolute atomic E-state index is 12.2. The van der Waals surface area contributed by atoms with Gasteiger partial charge in [0, 0.05) is 25.4 Å². The quantitative estimate of drug-likeness (QED) is 0.632. The number of hydrogen-bond acceptors (Lipinski definition) is 4. The number of nitrogens with zero attached hydrogens (tertiary/aromatic N) is 2. The molecule has 2 N–H and O–H groups in total. The summed E-state index contributed by atoms with van der Waals surface area (Å²) >= 11 is 0. The number of aromatic nitrogens is 2. The van der Waals surface area contributed by atoms with Gasteiger partial charge in [0.05, 0.1) is 17.5 Å². The Labute approximate surface area is 152 Å². The lowest BCUT2D eigenvalue weighted by Gasteiger charge is -2.09. The highest BCUT2D eigenvalue weighted by Gasteiger charge is 2.11. The molecule has 1 aromatic carbocycles. The average molecular weight is 359 g/mol. The zero-order valence-corrected chi connectivity index (χ0v) is 15.0. The number of fused-ring (bicyclic) bond motifs is 1. The molecule has 7 heteroatoms. The molecule has 1 amide bonds. The first-order valence-electron chi connectivity index (χ1n) is 8.92. The third kappa shape index (κ3) is 5.68. The summed E-state index contributed by atoms with van der Waals surface area (Å²) in [7, 11) is 1.58. The van der Waals surface area contributed by atoms with Gasteiger partial charge in [-0.1, -0.05) is 37.5 Å². The molecule has 0 radical (unpaired) electrons. The van der Waals surface area contributed by atoms with Gasteiger partial charge in [-0.3, -0.25) is 14.4 Å². The molecule has 1 aromatic heterocycles. The number of hydrogen-bond donors (Lipinski definition) is 2. The van der Waals surface area contributed by atoms with Crippen molar-refractivity contribution in [3.63, 3.8) is 0 Å². The number of rotatable bonds is 10. The van der Waals surface area contributed by atoms with Crippen LogP contribution in [0.15, 0.2) is 29.1 Å². The SMILES string of the molecule is Cn1nc(CC(=O)NCCCCCCCC(=O)O)c2ccccc2c1=O. The lowest BCUT2D eigenvalue weighted by molar-refractivity contribution is -0.137. The number of carbonyl (C=O) groups is 2. The second-order valence-electron chi connectivity index (χ2n) is 6.36. The van der Waals surface area contributed by atoms with Crippen LogP contribution >= 0.6 is 0 Å². The van der Waals surface area contributed by atoms with E-state index in [4.69, 9.17) is 5.11 Å². The molecule has 0 saturated carbocycles. The summed E-state index contributed by atoms with van der Waals surface area (Å²) in [5.41, 5.74) is 0.418. The van der Waals surface area contributed by atoms with Crippen molar-refractivity contribution < 1.29 is 14.7 Å². The third-order valence-corrected chi connectivity index (χ3v) is 4.25. The van der Waals surface area contributed by atoms with E-state index in [1.165, 1.54) is 4.68 Å². The predicted molar refractivity (Wildman–Crippen MR) is 99.0 cm³/mol. The van der Waals surface area contributed by atoms with Crippen LogP contribution in [0.5, 0.6) is 0 Å². The molecule has 0 aliphatic heterocycles. The van der Waals surface area contributed by atoms with E-state index >= 15 is 0 Å². The molecule has 0 bridgehead atoms. The highest BCUT2D eigenvalue weighted by atomic mass is 16.4. The van der Waals surface area contributed by atoms with Crippen molar-refractivity contribution in [3.05, 3.63) is 40.3 Å². The molecule has 1 heterocycles. The van der Waals surface area contributed by atoms with Gasteiger partial charge in [-0.05, 0) is 18.9 Å². The molecule has 0 spiro atoms. The van der Waals surface area contributed by atoms with Crippen molar-refractivity contribution in [2.45, 2.75) is 44.9 Å². The van der Waals surface area contributed by atoms with Gasteiger partial charge in [-0.25, -0.2) is 4.68 Å². The number of carboxylic acids is 1. The zero-order chi connectivity index (χ0) is 18.9. The molecule has 0 aliphatic rings. The monoisotopic (exact) mass is 359 g/mol. The lowest BCUT2D eigenvalue weighted by Crippen LogP contribution is -2.28. The number of amides is 1. The van der Waals surface area contributed by atoms with Gasteiger partial charge in [-0.2, -0.15) is 5.10 Å². The van der Waals surface area contributed by atoms with E-state index in [0.717, 1.165) is 25.7 Å². The van der Waals surface area contributed by atoms with Gasteiger partial charge < -0.3 is 10.4 Å². The summed E-state index contributed by atoms with van der Waals surface area (Å²) in [6.45, 7) is 0.585. The van der Waals surface area contributed by atoms with E-state index in [1.807, 2.05) is 12.1 Å². The molecule has 0 atom stereocenters.